The van der Waals surface area contributed by atoms with Crippen LogP contribution in [0.15, 0.2) is 17.5 Å². The average Bonchev–Trinajstić information content (AvgIpc) is 2.97. The standard InChI is InChI=1S/C12H18N2OS2.ClH/c1-12(2,10-4-3-5-17-10)7-13-11(15)9-6-16-8-14-9;/h3-5,9,14H,6-8H2,1-2H3,(H,13,15);1H. The van der Waals surface area contributed by atoms with Gasteiger partial charge >= 0.3 is 0 Å². The lowest BCUT2D eigenvalue weighted by molar-refractivity contribution is -0.122. The minimum atomic E-state index is -0.0147. The first-order chi connectivity index (χ1) is 8.09. The van der Waals surface area contributed by atoms with Crippen molar-refractivity contribution in [2.45, 2.75) is 25.3 Å². The van der Waals surface area contributed by atoms with Gasteiger partial charge in [-0.2, -0.15) is 0 Å². The minimum absolute atomic E-state index is 0. The Labute approximate surface area is 123 Å². The molecule has 1 aliphatic rings. The van der Waals surface area contributed by atoms with Crippen molar-refractivity contribution in [3.8, 4) is 0 Å². The monoisotopic (exact) mass is 306 g/mol. The fraction of sp³-hybridized carbons (Fsp3) is 0.583. The van der Waals surface area contributed by atoms with Gasteiger partial charge in [-0.15, -0.1) is 35.5 Å². The summed E-state index contributed by atoms with van der Waals surface area (Å²) < 4.78 is 0. The summed E-state index contributed by atoms with van der Waals surface area (Å²) in [4.78, 5) is 13.2. The summed E-state index contributed by atoms with van der Waals surface area (Å²) in [6.45, 7) is 5.01. The summed E-state index contributed by atoms with van der Waals surface area (Å²) in [6, 6.07) is 4.17. The molecule has 0 bridgehead atoms. The number of amides is 1. The van der Waals surface area contributed by atoms with Gasteiger partial charge in [0.05, 0.1) is 6.04 Å². The molecule has 6 heteroatoms. The van der Waals surface area contributed by atoms with Crippen molar-refractivity contribution in [1.82, 2.24) is 10.6 Å². The summed E-state index contributed by atoms with van der Waals surface area (Å²) in [5, 5.41) is 8.30. The van der Waals surface area contributed by atoms with Crippen LogP contribution < -0.4 is 10.6 Å². The first-order valence-corrected chi connectivity index (χ1v) is 7.76. The van der Waals surface area contributed by atoms with E-state index in [-0.39, 0.29) is 29.8 Å². The zero-order chi connectivity index (χ0) is 12.3. The second-order valence-corrected chi connectivity index (χ2v) is 6.83. The average molecular weight is 307 g/mol. The fourth-order valence-corrected chi connectivity index (χ4v) is 3.54. The molecule has 1 atom stereocenters. The molecule has 0 spiro atoms. The SMILES string of the molecule is CC(C)(CNC(=O)C1CSCN1)c1cccs1.Cl. The van der Waals surface area contributed by atoms with E-state index in [2.05, 4.69) is 42.0 Å². The van der Waals surface area contributed by atoms with E-state index in [1.807, 2.05) is 0 Å². The van der Waals surface area contributed by atoms with Gasteiger partial charge in [-0.25, -0.2) is 0 Å². The van der Waals surface area contributed by atoms with Gasteiger partial charge in [0, 0.05) is 28.5 Å². The van der Waals surface area contributed by atoms with Crippen LogP contribution >= 0.6 is 35.5 Å². The van der Waals surface area contributed by atoms with Crippen molar-refractivity contribution in [3.05, 3.63) is 22.4 Å². The predicted octanol–water partition coefficient (Wildman–Crippen LogP) is 2.23. The third-order valence-electron chi connectivity index (χ3n) is 2.93. The Morgan fingerprint density at radius 3 is 2.94 bits per heavy atom. The molecule has 1 aliphatic heterocycles. The molecule has 18 heavy (non-hydrogen) atoms. The molecule has 2 rings (SSSR count). The van der Waals surface area contributed by atoms with E-state index in [0.717, 1.165) is 11.6 Å². The van der Waals surface area contributed by atoms with Crippen LogP contribution in [0.2, 0.25) is 0 Å². The van der Waals surface area contributed by atoms with Crippen LogP contribution in [0.4, 0.5) is 0 Å². The number of nitrogens with one attached hydrogen (secondary N) is 2. The van der Waals surface area contributed by atoms with Gasteiger partial charge in [-0.05, 0) is 11.4 Å². The maximum atomic E-state index is 11.9. The molecule has 1 amide bonds. The smallest absolute Gasteiger partial charge is 0.238 e. The third kappa shape index (κ3) is 3.88. The molecule has 0 aliphatic carbocycles. The number of hydrogen-bond donors (Lipinski definition) is 2. The van der Waals surface area contributed by atoms with Crippen LogP contribution in [-0.4, -0.2) is 30.1 Å². The van der Waals surface area contributed by atoms with Crippen LogP contribution in [0.3, 0.4) is 0 Å². The molecule has 102 valence electrons. The summed E-state index contributed by atoms with van der Waals surface area (Å²) in [6.07, 6.45) is 0. The Kier molecular flexibility index (Phi) is 5.98. The molecule has 2 heterocycles. The van der Waals surface area contributed by atoms with Crippen LogP contribution in [0, 0.1) is 0 Å². The lowest BCUT2D eigenvalue weighted by Crippen LogP contribution is -2.45. The number of hydrogen-bond acceptors (Lipinski definition) is 4. The van der Waals surface area contributed by atoms with Crippen LogP contribution in [0.25, 0.3) is 0 Å². The van der Waals surface area contributed by atoms with Crippen LogP contribution in [0.5, 0.6) is 0 Å². The van der Waals surface area contributed by atoms with E-state index in [1.54, 1.807) is 23.1 Å². The van der Waals surface area contributed by atoms with E-state index in [0.29, 0.717) is 6.54 Å². The molecular formula is C12H19ClN2OS2. The lowest BCUT2D eigenvalue weighted by Gasteiger charge is -2.24. The Morgan fingerprint density at radius 2 is 2.39 bits per heavy atom. The lowest BCUT2D eigenvalue weighted by atomic mass is 9.91. The normalized spacial score (nSPS) is 19.3. The van der Waals surface area contributed by atoms with E-state index in [9.17, 15) is 4.79 Å². The van der Waals surface area contributed by atoms with Crippen molar-refractivity contribution < 1.29 is 4.79 Å². The Bertz CT molecular complexity index is 375. The van der Waals surface area contributed by atoms with Gasteiger partial charge in [0.2, 0.25) is 5.91 Å². The highest BCUT2D eigenvalue weighted by atomic mass is 35.5. The second-order valence-electron chi connectivity index (χ2n) is 4.85. The molecule has 2 N–H and O–H groups in total. The molecule has 1 fully saturated rings. The molecule has 3 nitrogen and oxygen atoms in total. The number of carbonyl (C=O) groups excluding carboxylic acids is 1. The highest BCUT2D eigenvalue weighted by Crippen LogP contribution is 2.26. The van der Waals surface area contributed by atoms with Gasteiger partial charge in [0.1, 0.15) is 0 Å². The second kappa shape index (κ2) is 6.80. The van der Waals surface area contributed by atoms with Crippen LogP contribution in [0.1, 0.15) is 18.7 Å². The summed E-state index contributed by atoms with van der Waals surface area (Å²) >= 11 is 3.51. The summed E-state index contributed by atoms with van der Waals surface area (Å²) in [7, 11) is 0. The number of carbonyl (C=O) groups is 1. The molecule has 0 saturated carbocycles. The maximum absolute atomic E-state index is 11.9. The fourth-order valence-electron chi connectivity index (χ4n) is 1.75. The first-order valence-electron chi connectivity index (χ1n) is 5.72. The highest BCUT2D eigenvalue weighted by molar-refractivity contribution is 7.99. The summed E-state index contributed by atoms with van der Waals surface area (Å²) in [5.74, 6) is 1.89. The number of thioether (sulfide) groups is 1. The van der Waals surface area contributed by atoms with Gasteiger partial charge in [0.15, 0.2) is 0 Å². The first kappa shape index (κ1) is 15.8. The van der Waals surface area contributed by atoms with Crippen molar-refractivity contribution >= 4 is 41.4 Å². The zero-order valence-corrected chi connectivity index (χ0v) is 13.0. The Balaban J connectivity index is 0.00000162. The highest BCUT2D eigenvalue weighted by Gasteiger charge is 2.26. The van der Waals surface area contributed by atoms with Gasteiger partial charge in [-0.1, -0.05) is 19.9 Å². The van der Waals surface area contributed by atoms with E-state index >= 15 is 0 Å². The molecular weight excluding hydrogens is 288 g/mol. The van der Waals surface area contributed by atoms with Gasteiger partial charge in [0.25, 0.3) is 0 Å². The van der Waals surface area contributed by atoms with Crippen LogP contribution in [-0.2, 0) is 10.2 Å². The quantitative estimate of drug-likeness (QED) is 0.896. The van der Waals surface area contributed by atoms with E-state index in [1.165, 1.54) is 4.88 Å². The van der Waals surface area contributed by atoms with E-state index < -0.39 is 0 Å². The van der Waals surface area contributed by atoms with Crippen molar-refractivity contribution in [2.24, 2.45) is 0 Å². The zero-order valence-electron chi connectivity index (χ0n) is 10.6. The van der Waals surface area contributed by atoms with Crippen molar-refractivity contribution in [1.29, 1.82) is 0 Å². The summed E-state index contributed by atoms with van der Waals surface area (Å²) in [5.41, 5.74) is 0.00950. The number of thiophene rings is 1. The molecule has 1 saturated heterocycles. The molecule has 1 aromatic heterocycles. The third-order valence-corrected chi connectivity index (χ3v) is 5.10. The predicted molar refractivity (Wildman–Crippen MR) is 81.9 cm³/mol. The van der Waals surface area contributed by atoms with Crippen molar-refractivity contribution in [2.75, 3.05) is 18.2 Å². The molecule has 0 aromatic carbocycles. The Hall–Kier alpha value is -0.230. The molecule has 1 aromatic rings. The Morgan fingerprint density at radius 1 is 1.61 bits per heavy atom. The number of halogens is 1. The topological polar surface area (TPSA) is 41.1 Å². The largest absolute Gasteiger partial charge is 0.354 e. The van der Waals surface area contributed by atoms with Gasteiger partial charge < -0.3 is 5.32 Å². The van der Waals surface area contributed by atoms with Crippen molar-refractivity contribution in [3.63, 3.8) is 0 Å². The molecule has 0 radical (unpaired) electrons. The van der Waals surface area contributed by atoms with E-state index in [4.69, 9.17) is 0 Å². The number of rotatable bonds is 4. The van der Waals surface area contributed by atoms with Gasteiger partial charge in [-0.3, -0.25) is 10.1 Å². The minimum Gasteiger partial charge on any atom is -0.354 e. The maximum Gasteiger partial charge on any atom is 0.238 e. The molecule has 1 unspecified atom stereocenters.